The van der Waals surface area contributed by atoms with Crippen molar-refractivity contribution in [2.75, 3.05) is 55.1 Å². The third-order valence-electron chi connectivity index (χ3n) is 6.73. The predicted molar refractivity (Wildman–Crippen MR) is 157 cm³/mol. The fraction of sp³-hybridized carbons (Fsp3) is 0.296. The minimum atomic E-state index is 0.185. The molecule has 2 aromatic heterocycles. The molecule has 0 spiro atoms. The zero-order valence-electron chi connectivity index (χ0n) is 21.6. The third-order valence-corrected chi connectivity index (χ3v) is 7.13. The van der Waals surface area contributed by atoms with E-state index in [0.717, 1.165) is 59.4 Å². The number of nitrogens with one attached hydrogen (secondary N) is 2. The smallest absolute Gasteiger partial charge is 0.225 e. The standard InChI is InChI=1S/C27H30BrN9O/c1-36(2)27-31-9-6-21(35-27)17-12-16-4-5-19(38-3)14-20(16)22(13-17)34-18-7-10-37(11-8-18)26-23(24(28)29)25(30)32-15-33-26/h4-6,9,12-15,18,29,34H,7-8,10-11H2,1-3H3,(H2,30,32,33). The van der Waals surface area contributed by atoms with Crippen LogP contribution in [-0.4, -0.2) is 64.9 Å². The van der Waals surface area contributed by atoms with Gasteiger partial charge in [0.1, 0.15) is 28.3 Å². The quantitative estimate of drug-likeness (QED) is 0.272. The van der Waals surface area contributed by atoms with Crippen molar-refractivity contribution in [3.8, 4) is 17.0 Å². The molecule has 1 aliphatic heterocycles. The molecule has 2 aromatic carbocycles. The molecule has 1 aliphatic rings. The third kappa shape index (κ3) is 5.19. The number of ether oxygens (including phenoxy) is 1. The van der Waals surface area contributed by atoms with Gasteiger partial charge in [-0.1, -0.05) is 6.07 Å². The number of piperidine rings is 1. The first kappa shape index (κ1) is 25.7. The second kappa shape index (κ2) is 10.8. The predicted octanol–water partition coefficient (Wildman–Crippen LogP) is 4.54. The molecule has 0 saturated carbocycles. The monoisotopic (exact) mass is 575 g/mol. The highest BCUT2D eigenvalue weighted by Gasteiger charge is 2.25. The Hall–Kier alpha value is -3.99. The Balaban J connectivity index is 1.43. The highest BCUT2D eigenvalue weighted by atomic mass is 79.9. The Labute approximate surface area is 229 Å². The molecule has 4 N–H and O–H groups in total. The zero-order valence-corrected chi connectivity index (χ0v) is 23.2. The molecule has 0 atom stereocenters. The summed E-state index contributed by atoms with van der Waals surface area (Å²) in [6.07, 6.45) is 5.04. The van der Waals surface area contributed by atoms with E-state index >= 15 is 0 Å². The molecule has 38 heavy (non-hydrogen) atoms. The van der Waals surface area contributed by atoms with Crippen molar-refractivity contribution in [2.45, 2.75) is 18.9 Å². The topological polar surface area (TPSA) is 129 Å². The molecule has 0 radical (unpaired) electrons. The molecule has 0 amide bonds. The number of anilines is 4. The number of halogens is 1. The van der Waals surface area contributed by atoms with Crippen molar-refractivity contribution in [3.63, 3.8) is 0 Å². The van der Waals surface area contributed by atoms with Crippen LogP contribution in [-0.2, 0) is 0 Å². The maximum atomic E-state index is 8.06. The number of nitrogens with two attached hydrogens (primary N) is 1. The molecule has 1 saturated heterocycles. The van der Waals surface area contributed by atoms with E-state index < -0.39 is 0 Å². The zero-order chi connectivity index (χ0) is 26.8. The van der Waals surface area contributed by atoms with E-state index in [-0.39, 0.29) is 10.7 Å². The average molecular weight is 577 g/mol. The fourth-order valence-corrected chi connectivity index (χ4v) is 5.13. The summed E-state index contributed by atoms with van der Waals surface area (Å²) in [7, 11) is 5.55. The number of nitrogens with zero attached hydrogens (tertiary/aromatic N) is 6. The molecule has 196 valence electrons. The molecular weight excluding hydrogens is 546 g/mol. The number of aromatic nitrogens is 4. The van der Waals surface area contributed by atoms with E-state index in [9.17, 15) is 0 Å². The fourth-order valence-electron chi connectivity index (χ4n) is 4.75. The normalized spacial score (nSPS) is 13.9. The van der Waals surface area contributed by atoms with Gasteiger partial charge in [-0.3, -0.25) is 5.41 Å². The van der Waals surface area contributed by atoms with Crippen molar-refractivity contribution < 1.29 is 4.74 Å². The summed E-state index contributed by atoms with van der Waals surface area (Å²) in [5.74, 6) is 2.47. The minimum absolute atomic E-state index is 0.185. The Morgan fingerprint density at radius 3 is 2.63 bits per heavy atom. The second-order valence-electron chi connectivity index (χ2n) is 9.42. The lowest BCUT2D eigenvalue weighted by atomic mass is 9.99. The summed E-state index contributed by atoms with van der Waals surface area (Å²) in [5.41, 5.74) is 9.49. The van der Waals surface area contributed by atoms with Crippen LogP contribution in [0.2, 0.25) is 0 Å². The van der Waals surface area contributed by atoms with Gasteiger partial charge in [-0.05, 0) is 64.5 Å². The maximum absolute atomic E-state index is 8.06. The van der Waals surface area contributed by atoms with Gasteiger partial charge in [0.25, 0.3) is 0 Å². The number of rotatable bonds is 7. The molecule has 1 fully saturated rings. The molecule has 10 nitrogen and oxygen atoms in total. The van der Waals surface area contributed by atoms with Crippen molar-refractivity contribution in [1.82, 2.24) is 19.9 Å². The SMILES string of the molecule is COc1ccc2cc(-c3ccnc(N(C)C)n3)cc(NC3CCN(c4ncnc(N)c4C(=N)Br)CC3)c2c1. The number of fused-ring (bicyclic) bond motifs is 1. The van der Waals surface area contributed by atoms with Gasteiger partial charge in [-0.2, -0.15) is 0 Å². The van der Waals surface area contributed by atoms with E-state index in [0.29, 0.717) is 23.1 Å². The van der Waals surface area contributed by atoms with Gasteiger partial charge in [-0.25, -0.2) is 19.9 Å². The van der Waals surface area contributed by atoms with Crippen molar-refractivity contribution in [1.29, 1.82) is 5.41 Å². The lowest BCUT2D eigenvalue weighted by molar-refractivity contribution is 0.415. The van der Waals surface area contributed by atoms with E-state index in [2.05, 4.69) is 65.4 Å². The van der Waals surface area contributed by atoms with Gasteiger partial charge in [0.05, 0.1) is 18.4 Å². The summed E-state index contributed by atoms with van der Waals surface area (Å²) in [6.45, 7) is 1.56. The van der Waals surface area contributed by atoms with Crippen LogP contribution in [0.15, 0.2) is 48.9 Å². The number of nitrogen functional groups attached to an aromatic ring is 1. The van der Waals surface area contributed by atoms with Crippen LogP contribution in [0.5, 0.6) is 5.75 Å². The number of hydrogen-bond acceptors (Lipinski definition) is 10. The van der Waals surface area contributed by atoms with Crippen molar-refractivity contribution in [2.24, 2.45) is 0 Å². The van der Waals surface area contributed by atoms with E-state index in [1.165, 1.54) is 6.33 Å². The Kier molecular flexibility index (Phi) is 7.28. The summed E-state index contributed by atoms with van der Waals surface area (Å²) >= 11 is 3.24. The molecule has 0 unspecified atom stereocenters. The molecule has 11 heteroatoms. The van der Waals surface area contributed by atoms with Gasteiger partial charge in [0.15, 0.2) is 0 Å². The van der Waals surface area contributed by atoms with E-state index in [1.807, 2.05) is 31.1 Å². The highest BCUT2D eigenvalue weighted by molar-refractivity contribution is 9.18. The number of benzene rings is 2. The second-order valence-corrected chi connectivity index (χ2v) is 10.2. The molecule has 3 heterocycles. The lowest BCUT2D eigenvalue weighted by Gasteiger charge is -2.34. The van der Waals surface area contributed by atoms with Gasteiger partial charge in [0, 0.05) is 56.1 Å². The average Bonchev–Trinajstić information content (AvgIpc) is 2.93. The summed E-state index contributed by atoms with van der Waals surface area (Å²) in [4.78, 5) is 21.7. The first-order valence-corrected chi connectivity index (χ1v) is 13.1. The summed E-state index contributed by atoms with van der Waals surface area (Å²) in [5, 5.41) is 14.1. The van der Waals surface area contributed by atoms with Gasteiger partial charge >= 0.3 is 0 Å². The van der Waals surface area contributed by atoms with Crippen LogP contribution in [0.25, 0.3) is 22.0 Å². The molecule has 0 aliphatic carbocycles. The highest BCUT2D eigenvalue weighted by Crippen LogP contribution is 2.35. The van der Waals surface area contributed by atoms with E-state index in [4.69, 9.17) is 20.9 Å². The van der Waals surface area contributed by atoms with E-state index in [1.54, 1.807) is 13.3 Å². The van der Waals surface area contributed by atoms with Crippen LogP contribution in [0, 0.1) is 5.41 Å². The first-order valence-electron chi connectivity index (χ1n) is 12.3. The summed E-state index contributed by atoms with van der Waals surface area (Å²) in [6, 6.07) is 12.6. The van der Waals surface area contributed by atoms with Crippen LogP contribution >= 0.6 is 15.9 Å². The lowest BCUT2D eigenvalue weighted by Crippen LogP contribution is -2.40. The van der Waals surface area contributed by atoms with Crippen molar-refractivity contribution in [3.05, 3.63) is 54.5 Å². The van der Waals surface area contributed by atoms with Crippen molar-refractivity contribution >= 4 is 54.6 Å². The Bertz CT molecular complexity index is 1490. The van der Waals surface area contributed by atoms with Gasteiger partial charge in [0.2, 0.25) is 5.95 Å². The molecule has 4 aromatic rings. The number of methoxy groups -OCH3 is 1. The minimum Gasteiger partial charge on any atom is -0.497 e. The largest absolute Gasteiger partial charge is 0.497 e. The molecule has 0 bridgehead atoms. The van der Waals surface area contributed by atoms with Gasteiger partial charge < -0.3 is 25.6 Å². The molecular formula is C27H30BrN9O. The first-order chi connectivity index (χ1) is 18.3. The maximum Gasteiger partial charge on any atom is 0.225 e. The van der Waals surface area contributed by atoms with Crippen LogP contribution in [0.3, 0.4) is 0 Å². The van der Waals surface area contributed by atoms with Gasteiger partial charge in [-0.15, -0.1) is 0 Å². The summed E-state index contributed by atoms with van der Waals surface area (Å²) < 4.78 is 5.71. The Morgan fingerprint density at radius 2 is 1.92 bits per heavy atom. The number of hydrogen-bond donors (Lipinski definition) is 3. The van der Waals surface area contributed by atoms with Crippen LogP contribution < -0.4 is 25.6 Å². The molecule has 5 rings (SSSR count). The Morgan fingerprint density at radius 1 is 1.13 bits per heavy atom. The van der Waals surface area contributed by atoms with Crippen LogP contribution in [0.4, 0.5) is 23.3 Å². The van der Waals surface area contributed by atoms with Crippen LogP contribution in [0.1, 0.15) is 18.4 Å².